The Balaban J connectivity index is 2.35. The number of carbonyl (C=O) groups is 2. The summed E-state index contributed by atoms with van der Waals surface area (Å²) in [5.74, 6) is -0.925. The van der Waals surface area contributed by atoms with Gasteiger partial charge in [0.2, 0.25) is 0 Å². The number of aromatic hydroxyl groups is 1. The number of carboxylic acid groups (broad SMARTS) is 1. The molecule has 1 saturated heterocycles. The van der Waals surface area contributed by atoms with E-state index in [4.69, 9.17) is 9.84 Å². The van der Waals surface area contributed by atoms with E-state index < -0.39 is 17.6 Å². The highest BCUT2D eigenvalue weighted by atomic mass is 16.6. The molecule has 0 radical (unpaired) electrons. The lowest BCUT2D eigenvalue weighted by atomic mass is 9.97. The van der Waals surface area contributed by atoms with Crippen molar-refractivity contribution in [1.29, 1.82) is 0 Å². The standard InChI is InChI=1S/C12H13NO5/c1-12(6-10(15)16)7-18-11(17)13(12)8-2-4-9(14)5-3-8/h2-5,14H,6-7H2,1H3,(H,15,16). The van der Waals surface area contributed by atoms with E-state index in [9.17, 15) is 14.7 Å². The number of rotatable bonds is 3. The quantitative estimate of drug-likeness (QED) is 0.851. The molecule has 1 aliphatic heterocycles. The van der Waals surface area contributed by atoms with Gasteiger partial charge in [-0.2, -0.15) is 0 Å². The predicted octanol–water partition coefficient (Wildman–Crippen LogP) is 1.58. The third-order valence-electron chi connectivity index (χ3n) is 2.87. The van der Waals surface area contributed by atoms with E-state index >= 15 is 0 Å². The van der Waals surface area contributed by atoms with Crippen LogP contribution in [0.4, 0.5) is 10.5 Å². The second-order valence-electron chi connectivity index (χ2n) is 4.47. The number of cyclic esters (lactones) is 1. The van der Waals surface area contributed by atoms with E-state index in [1.54, 1.807) is 19.1 Å². The Bertz CT molecular complexity index is 484. The summed E-state index contributed by atoms with van der Waals surface area (Å²) < 4.78 is 4.93. The molecule has 1 amide bonds. The number of benzene rings is 1. The van der Waals surface area contributed by atoms with Gasteiger partial charge in [-0.1, -0.05) is 0 Å². The first-order valence-electron chi connectivity index (χ1n) is 5.40. The molecule has 96 valence electrons. The van der Waals surface area contributed by atoms with E-state index in [0.29, 0.717) is 5.69 Å². The number of ether oxygens (including phenoxy) is 1. The normalized spacial score (nSPS) is 22.9. The summed E-state index contributed by atoms with van der Waals surface area (Å²) >= 11 is 0. The van der Waals surface area contributed by atoms with Crippen LogP contribution in [0.2, 0.25) is 0 Å². The smallest absolute Gasteiger partial charge is 0.415 e. The van der Waals surface area contributed by atoms with Crippen molar-refractivity contribution in [2.24, 2.45) is 0 Å². The lowest BCUT2D eigenvalue weighted by Gasteiger charge is -2.30. The molecule has 0 saturated carbocycles. The number of amides is 1. The summed E-state index contributed by atoms with van der Waals surface area (Å²) in [6.45, 7) is 1.68. The molecule has 18 heavy (non-hydrogen) atoms. The number of phenols is 1. The highest BCUT2D eigenvalue weighted by Gasteiger charge is 2.46. The molecule has 6 nitrogen and oxygen atoms in total. The molecular weight excluding hydrogens is 238 g/mol. The van der Waals surface area contributed by atoms with E-state index in [-0.39, 0.29) is 18.8 Å². The Kier molecular flexibility index (Phi) is 2.86. The molecular formula is C12H13NO5. The maximum atomic E-state index is 11.7. The minimum atomic E-state index is -1.00. The van der Waals surface area contributed by atoms with Crippen LogP contribution < -0.4 is 4.90 Å². The summed E-state index contributed by atoms with van der Waals surface area (Å²) in [5.41, 5.74) is -0.418. The summed E-state index contributed by atoms with van der Waals surface area (Å²) in [7, 11) is 0. The third kappa shape index (κ3) is 2.09. The molecule has 2 rings (SSSR count). The number of hydrogen-bond donors (Lipinski definition) is 2. The van der Waals surface area contributed by atoms with Gasteiger partial charge in [-0.15, -0.1) is 0 Å². The van der Waals surface area contributed by atoms with Crippen LogP contribution in [0.1, 0.15) is 13.3 Å². The first kappa shape index (κ1) is 12.2. The van der Waals surface area contributed by atoms with Gasteiger partial charge in [0.15, 0.2) is 0 Å². The van der Waals surface area contributed by atoms with Crippen molar-refractivity contribution in [2.75, 3.05) is 11.5 Å². The third-order valence-corrected chi connectivity index (χ3v) is 2.87. The molecule has 1 aromatic carbocycles. The predicted molar refractivity (Wildman–Crippen MR) is 62.6 cm³/mol. The van der Waals surface area contributed by atoms with E-state index in [0.717, 1.165) is 0 Å². The molecule has 6 heteroatoms. The molecule has 1 unspecified atom stereocenters. The summed E-state index contributed by atoms with van der Waals surface area (Å²) in [5, 5.41) is 18.1. The van der Waals surface area contributed by atoms with Crippen molar-refractivity contribution in [3.8, 4) is 5.75 Å². The van der Waals surface area contributed by atoms with Crippen LogP contribution in [0.25, 0.3) is 0 Å². The van der Waals surface area contributed by atoms with Gasteiger partial charge in [-0.25, -0.2) is 4.79 Å². The van der Waals surface area contributed by atoms with E-state index in [2.05, 4.69) is 0 Å². The Labute approximate surface area is 103 Å². The van der Waals surface area contributed by atoms with Crippen molar-refractivity contribution in [3.05, 3.63) is 24.3 Å². The summed E-state index contributed by atoms with van der Waals surface area (Å²) in [4.78, 5) is 23.9. The molecule has 0 spiro atoms. The van der Waals surface area contributed by atoms with Gasteiger partial charge in [0.05, 0.1) is 12.0 Å². The highest BCUT2D eigenvalue weighted by molar-refractivity contribution is 5.92. The monoisotopic (exact) mass is 251 g/mol. The molecule has 1 fully saturated rings. The Hall–Kier alpha value is -2.24. The Morgan fingerprint density at radius 1 is 1.44 bits per heavy atom. The van der Waals surface area contributed by atoms with Gasteiger partial charge >= 0.3 is 12.1 Å². The fourth-order valence-electron chi connectivity index (χ4n) is 2.04. The van der Waals surface area contributed by atoms with Crippen LogP contribution in [-0.4, -0.2) is 34.4 Å². The molecule has 1 aromatic rings. The summed E-state index contributed by atoms with van der Waals surface area (Å²) in [6, 6.07) is 5.95. The van der Waals surface area contributed by atoms with Crippen LogP contribution in [-0.2, 0) is 9.53 Å². The lowest BCUT2D eigenvalue weighted by Crippen LogP contribution is -2.46. The molecule has 0 aliphatic carbocycles. The van der Waals surface area contributed by atoms with Gasteiger partial charge in [0.25, 0.3) is 0 Å². The average molecular weight is 251 g/mol. The number of carboxylic acids is 1. The zero-order valence-corrected chi connectivity index (χ0v) is 9.79. The topological polar surface area (TPSA) is 87.1 Å². The molecule has 1 heterocycles. The van der Waals surface area contributed by atoms with E-state index in [1.165, 1.54) is 17.0 Å². The van der Waals surface area contributed by atoms with Crippen LogP contribution >= 0.6 is 0 Å². The average Bonchev–Trinajstić information content (AvgIpc) is 2.55. The van der Waals surface area contributed by atoms with Gasteiger partial charge in [0, 0.05) is 5.69 Å². The van der Waals surface area contributed by atoms with Gasteiger partial charge in [-0.05, 0) is 31.2 Å². The van der Waals surface area contributed by atoms with Crippen molar-refractivity contribution in [1.82, 2.24) is 0 Å². The maximum Gasteiger partial charge on any atom is 0.415 e. The Morgan fingerprint density at radius 3 is 2.61 bits per heavy atom. The van der Waals surface area contributed by atoms with Crippen LogP contribution in [0, 0.1) is 0 Å². The number of aliphatic carboxylic acids is 1. The second kappa shape index (κ2) is 4.21. The van der Waals surface area contributed by atoms with Gasteiger partial charge < -0.3 is 14.9 Å². The number of phenolic OH excluding ortho intramolecular Hbond substituents is 1. The van der Waals surface area contributed by atoms with Crippen LogP contribution in [0.15, 0.2) is 24.3 Å². The molecule has 2 N–H and O–H groups in total. The Morgan fingerprint density at radius 2 is 2.06 bits per heavy atom. The summed E-state index contributed by atoms with van der Waals surface area (Å²) in [6.07, 6.45) is -0.788. The van der Waals surface area contributed by atoms with Crippen molar-refractivity contribution in [3.63, 3.8) is 0 Å². The second-order valence-corrected chi connectivity index (χ2v) is 4.47. The number of hydrogen-bond acceptors (Lipinski definition) is 4. The largest absolute Gasteiger partial charge is 0.508 e. The molecule has 1 atom stereocenters. The van der Waals surface area contributed by atoms with Crippen LogP contribution in [0.3, 0.4) is 0 Å². The highest BCUT2D eigenvalue weighted by Crippen LogP contribution is 2.33. The maximum absolute atomic E-state index is 11.7. The van der Waals surface area contributed by atoms with Crippen molar-refractivity contribution in [2.45, 2.75) is 18.9 Å². The SMILES string of the molecule is CC1(CC(=O)O)COC(=O)N1c1ccc(O)cc1. The molecule has 0 bridgehead atoms. The van der Waals surface area contributed by atoms with Crippen LogP contribution in [0.5, 0.6) is 5.75 Å². The zero-order valence-electron chi connectivity index (χ0n) is 9.79. The number of carbonyl (C=O) groups excluding carboxylic acids is 1. The minimum Gasteiger partial charge on any atom is -0.508 e. The fraction of sp³-hybridized carbons (Fsp3) is 0.333. The fourth-order valence-corrected chi connectivity index (χ4v) is 2.04. The van der Waals surface area contributed by atoms with Gasteiger partial charge in [-0.3, -0.25) is 9.69 Å². The number of nitrogens with zero attached hydrogens (tertiary/aromatic N) is 1. The lowest BCUT2D eigenvalue weighted by molar-refractivity contribution is -0.138. The van der Waals surface area contributed by atoms with Crippen molar-refractivity contribution < 1.29 is 24.5 Å². The molecule has 0 aromatic heterocycles. The van der Waals surface area contributed by atoms with Crippen molar-refractivity contribution >= 4 is 17.7 Å². The first-order valence-corrected chi connectivity index (χ1v) is 5.40. The minimum absolute atomic E-state index is 0.0268. The first-order chi connectivity index (χ1) is 8.42. The van der Waals surface area contributed by atoms with Gasteiger partial charge in [0.1, 0.15) is 12.4 Å². The van der Waals surface area contributed by atoms with E-state index in [1.807, 2.05) is 0 Å². The number of anilines is 1. The zero-order chi connectivity index (χ0) is 13.3. The molecule has 1 aliphatic rings.